The van der Waals surface area contributed by atoms with Crippen LogP contribution in [0.5, 0.6) is 0 Å². The first-order chi connectivity index (χ1) is 11.3. The number of benzene rings is 4. The van der Waals surface area contributed by atoms with Crippen LogP contribution in [0.1, 0.15) is 5.56 Å². The van der Waals surface area contributed by atoms with Gasteiger partial charge in [0.15, 0.2) is 0 Å². The van der Waals surface area contributed by atoms with Crippen LogP contribution in [0.3, 0.4) is 0 Å². The monoisotopic (exact) mass is 294 g/mol. The van der Waals surface area contributed by atoms with Crippen LogP contribution in [0.15, 0.2) is 91.0 Å². The second-order valence-electron chi connectivity index (χ2n) is 5.97. The molecule has 0 fully saturated rings. The summed E-state index contributed by atoms with van der Waals surface area (Å²) in [5.74, 6) is 0. The summed E-state index contributed by atoms with van der Waals surface area (Å²) in [6.07, 6.45) is 0. The summed E-state index contributed by atoms with van der Waals surface area (Å²) in [6.45, 7) is 2.12. The third-order valence-electron chi connectivity index (χ3n) is 4.37. The van der Waals surface area contributed by atoms with Crippen molar-refractivity contribution in [2.45, 2.75) is 6.92 Å². The summed E-state index contributed by atoms with van der Waals surface area (Å²) in [4.78, 5) is 0. The van der Waals surface area contributed by atoms with Gasteiger partial charge in [-0.25, -0.2) is 0 Å². The van der Waals surface area contributed by atoms with Crippen LogP contribution in [-0.2, 0) is 0 Å². The van der Waals surface area contributed by atoms with Crippen molar-refractivity contribution in [3.05, 3.63) is 96.6 Å². The lowest BCUT2D eigenvalue weighted by Gasteiger charge is -2.08. The molecule has 0 bridgehead atoms. The van der Waals surface area contributed by atoms with Crippen molar-refractivity contribution in [3.63, 3.8) is 0 Å². The molecule has 4 aromatic carbocycles. The standard InChI is InChI=1S/C23H18/c1-17-9-11-18(12-10-17)19-13-15-21(16-14-19)23-8-4-6-20-5-2-3-7-22(20)23/h2-16H,1H3. The quantitative estimate of drug-likeness (QED) is 0.397. The van der Waals surface area contributed by atoms with E-state index in [2.05, 4.69) is 97.9 Å². The highest BCUT2D eigenvalue weighted by atomic mass is 14.1. The van der Waals surface area contributed by atoms with Gasteiger partial charge in [-0.2, -0.15) is 0 Å². The summed E-state index contributed by atoms with van der Waals surface area (Å²) in [5, 5.41) is 2.59. The molecule has 0 saturated carbocycles. The third-order valence-corrected chi connectivity index (χ3v) is 4.37. The molecular formula is C23H18. The molecule has 4 aromatic rings. The molecule has 4 rings (SSSR count). The van der Waals surface area contributed by atoms with Gasteiger partial charge >= 0.3 is 0 Å². The fourth-order valence-electron chi connectivity index (χ4n) is 3.07. The molecule has 110 valence electrons. The Bertz CT molecular complexity index is 940. The summed E-state index contributed by atoms with van der Waals surface area (Å²) >= 11 is 0. The SMILES string of the molecule is Cc1ccc(-c2ccc(-c3cccc4ccccc34)cc2)cc1. The number of hydrogen-bond acceptors (Lipinski definition) is 0. The molecule has 0 heteroatoms. The van der Waals surface area contributed by atoms with Gasteiger partial charge < -0.3 is 0 Å². The molecule has 0 unspecified atom stereocenters. The van der Waals surface area contributed by atoms with Crippen LogP contribution in [0.4, 0.5) is 0 Å². The van der Waals surface area contributed by atoms with Gasteiger partial charge in [-0.05, 0) is 39.9 Å². The average Bonchev–Trinajstić information content (AvgIpc) is 2.62. The van der Waals surface area contributed by atoms with E-state index in [0.717, 1.165) is 0 Å². The fraction of sp³-hybridized carbons (Fsp3) is 0.0435. The predicted molar refractivity (Wildman–Crippen MR) is 99.6 cm³/mol. The highest BCUT2D eigenvalue weighted by Gasteiger charge is 2.04. The first kappa shape index (κ1) is 13.8. The first-order valence-corrected chi connectivity index (χ1v) is 7.96. The molecule has 0 saturated heterocycles. The zero-order valence-corrected chi connectivity index (χ0v) is 13.2. The Hall–Kier alpha value is -2.86. The Morgan fingerprint density at radius 3 is 1.78 bits per heavy atom. The normalized spacial score (nSPS) is 10.8. The molecule has 23 heavy (non-hydrogen) atoms. The van der Waals surface area contributed by atoms with Crippen molar-refractivity contribution in [2.75, 3.05) is 0 Å². The van der Waals surface area contributed by atoms with Crippen LogP contribution in [0, 0.1) is 6.92 Å². The molecule has 0 aliphatic heterocycles. The van der Waals surface area contributed by atoms with Gasteiger partial charge in [0.05, 0.1) is 0 Å². The first-order valence-electron chi connectivity index (χ1n) is 7.96. The molecule has 0 aliphatic carbocycles. The zero-order valence-electron chi connectivity index (χ0n) is 13.2. The average molecular weight is 294 g/mol. The van der Waals surface area contributed by atoms with Crippen molar-refractivity contribution in [1.82, 2.24) is 0 Å². The van der Waals surface area contributed by atoms with Gasteiger partial charge in [-0.1, -0.05) is 96.6 Å². The van der Waals surface area contributed by atoms with Gasteiger partial charge in [0.25, 0.3) is 0 Å². The predicted octanol–water partition coefficient (Wildman–Crippen LogP) is 6.48. The maximum Gasteiger partial charge on any atom is -0.0105 e. The number of rotatable bonds is 2. The molecule has 0 aromatic heterocycles. The minimum Gasteiger partial charge on any atom is -0.0616 e. The van der Waals surface area contributed by atoms with Gasteiger partial charge in [-0.3, -0.25) is 0 Å². The molecule has 0 radical (unpaired) electrons. The second kappa shape index (κ2) is 5.73. The van der Waals surface area contributed by atoms with Crippen LogP contribution in [0.25, 0.3) is 33.0 Å². The van der Waals surface area contributed by atoms with E-state index in [1.165, 1.54) is 38.6 Å². The lowest BCUT2D eigenvalue weighted by molar-refractivity contribution is 1.47. The molecule has 0 spiro atoms. The summed E-state index contributed by atoms with van der Waals surface area (Å²) in [6, 6.07) is 32.6. The van der Waals surface area contributed by atoms with E-state index in [1.807, 2.05) is 0 Å². The van der Waals surface area contributed by atoms with Crippen LogP contribution >= 0.6 is 0 Å². The van der Waals surface area contributed by atoms with Gasteiger partial charge in [-0.15, -0.1) is 0 Å². The van der Waals surface area contributed by atoms with Crippen LogP contribution in [0.2, 0.25) is 0 Å². The lowest BCUT2D eigenvalue weighted by atomic mass is 9.96. The van der Waals surface area contributed by atoms with Crippen molar-refractivity contribution >= 4 is 10.8 Å². The number of aryl methyl sites for hydroxylation is 1. The second-order valence-corrected chi connectivity index (χ2v) is 5.97. The number of hydrogen-bond donors (Lipinski definition) is 0. The van der Waals surface area contributed by atoms with E-state index >= 15 is 0 Å². The molecule has 0 amide bonds. The fourth-order valence-corrected chi connectivity index (χ4v) is 3.07. The Kier molecular flexibility index (Phi) is 3.44. The Labute approximate surface area is 137 Å². The topological polar surface area (TPSA) is 0 Å². The van der Waals surface area contributed by atoms with Crippen molar-refractivity contribution in [1.29, 1.82) is 0 Å². The van der Waals surface area contributed by atoms with Crippen LogP contribution in [-0.4, -0.2) is 0 Å². The maximum atomic E-state index is 2.22. The molecular weight excluding hydrogens is 276 g/mol. The molecule has 0 aliphatic rings. The number of fused-ring (bicyclic) bond motifs is 1. The molecule has 0 nitrogen and oxygen atoms in total. The third kappa shape index (κ3) is 2.64. The highest BCUT2D eigenvalue weighted by molar-refractivity contribution is 5.96. The van der Waals surface area contributed by atoms with Crippen molar-refractivity contribution in [2.24, 2.45) is 0 Å². The molecule has 0 N–H and O–H groups in total. The summed E-state index contributed by atoms with van der Waals surface area (Å²) in [5.41, 5.74) is 6.37. The van der Waals surface area contributed by atoms with E-state index in [0.29, 0.717) is 0 Å². The van der Waals surface area contributed by atoms with Gasteiger partial charge in [0.2, 0.25) is 0 Å². The zero-order chi connectivity index (χ0) is 15.6. The maximum absolute atomic E-state index is 2.22. The lowest BCUT2D eigenvalue weighted by Crippen LogP contribution is -1.83. The summed E-state index contributed by atoms with van der Waals surface area (Å²) < 4.78 is 0. The molecule has 0 atom stereocenters. The van der Waals surface area contributed by atoms with Crippen molar-refractivity contribution in [3.8, 4) is 22.3 Å². The van der Waals surface area contributed by atoms with E-state index < -0.39 is 0 Å². The van der Waals surface area contributed by atoms with E-state index in [1.54, 1.807) is 0 Å². The van der Waals surface area contributed by atoms with Gasteiger partial charge in [0, 0.05) is 0 Å². The Morgan fingerprint density at radius 1 is 0.478 bits per heavy atom. The Morgan fingerprint density at radius 2 is 1.04 bits per heavy atom. The minimum absolute atomic E-state index is 1.26. The Balaban J connectivity index is 1.77. The smallest absolute Gasteiger partial charge is 0.0105 e. The summed E-state index contributed by atoms with van der Waals surface area (Å²) in [7, 11) is 0. The van der Waals surface area contributed by atoms with Crippen LogP contribution < -0.4 is 0 Å². The van der Waals surface area contributed by atoms with E-state index in [-0.39, 0.29) is 0 Å². The van der Waals surface area contributed by atoms with E-state index in [9.17, 15) is 0 Å². The molecule has 0 heterocycles. The largest absolute Gasteiger partial charge is 0.0616 e. The highest BCUT2D eigenvalue weighted by Crippen LogP contribution is 2.30. The minimum atomic E-state index is 1.26. The van der Waals surface area contributed by atoms with E-state index in [4.69, 9.17) is 0 Å². The van der Waals surface area contributed by atoms with Gasteiger partial charge in [0.1, 0.15) is 0 Å². The van der Waals surface area contributed by atoms with Crippen molar-refractivity contribution < 1.29 is 0 Å².